The highest BCUT2D eigenvalue weighted by molar-refractivity contribution is 5.89. The zero-order chi connectivity index (χ0) is 15.8. The molecule has 0 radical (unpaired) electrons. The molecule has 2 amide bonds. The Kier molecular flexibility index (Phi) is 6.09. The molecule has 2 rings (SSSR count). The number of rotatable bonds is 2. The van der Waals surface area contributed by atoms with E-state index in [1.54, 1.807) is 4.90 Å². The van der Waals surface area contributed by atoms with Crippen LogP contribution in [0.1, 0.15) is 20.3 Å². The van der Waals surface area contributed by atoms with Gasteiger partial charge in [0.05, 0.1) is 5.92 Å². The summed E-state index contributed by atoms with van der Waals surface area (Å²) in [4.78, 5) is 26.5. The van der Waals surface area contributed by atoms with Crippen molar-refractivity contribution in [2.24, 2.45) is 5.92 Å². The SMILES string of the molecule is CC1NCCN(C(=O)C2CC(=O)N(CC(F)(F)F)C2)C1C.Cl. The summed E-state index contributed by atoms with van der Waals surface area (Å²) in [5.41, 5.74) is 0. The van der Waals surface area contributed by atoms with Gasteiger partial charge in [0.2, 0.25) is 11.8 Å². The predicted molar refractivity (Wildman–Crippen MR) is 76.6 cm³/mol. The van der Waals surface area contributed by atoms with E-state index >= 15 is 0 Å². The molecule has 2 heterocycles. The molecule has 2 fully saturated rings. The summed E-state index contributed by atoms with van der Waals surface area (Å²) in [6, 6.07) is 0.101. The number of hydrogen-bond donors (Lipinski definition) is 1. The van der Waals surface area contributed by atoms with Crippen molar-refractivity contribution in [3.05, 3.63) is 0 Å². The highest BCUT2D eigenvalue weighted by atomic mass is 35.5. The van der Waals surface area contributed by atoms with Crippen molar-refractivity contribution < 1.29 is 22.8 Å². The molecule has 3 atom stereocenters. The number of nitrogens with one attached hydrogen (secondary N) is 1. The normalized spacial score (nSPS) is 29.5. The van der Waals surface area contributed by atoms with Crippen molar-refractivity contribution in [2.45, 2.75) is 38.5 Å². The summed E-state index contributed by atoms with van der Waals surface area (Å²) in [7, 11) is 0. The third kappa shape index (κ3) is 4.25. The van der Waals surface area contributed by atoms with Crippen molar-refractivity contribution in [1.29, 1.82) is 0 Å². The quantitative estimate of drug-likeness (QED) is 0.814. The maximum atomic E-state index is 12.5. The molecule has 9 heteroatoms. The smallest absolute Gasteiger partial charge is 0.337 e. The molecule has 0 spiro atoms. The lowest BCUT2D eigenvalue weighted by molar-refractivity contribution is -0.157. The fraction of sp³-hybridized carbons (Fsp3) is 0.846. The molecule has 5 nitrogen and oxygen atoms in total. The summed E-state index contributed by atoms with van der Waals surface area (Å²) in [5.74, 6) is -1.47. The number of halogens is 4. The Balaban J connectivity index is 0.00000242. The highest BCUT2D eigenvalue weighted by Gasteiger charge is 2.42. The Morgan fingerprint density at radius 3 is 2.59 bits per heavy atom. The second-order valence-corrected chi connectivity index (χ2v) is 5.81. The first-order valence-electron chi connectivity index (χ1n) is 7.07. The monoisotopic (exact) mass is 343 g/mol. The van der Waals surface area contributed by atoms with Crippen molar-refractivity contribution >= 4 is 24.2 Å². The average Bonchev–Trinajstić information content (AvgIpc) is 2.71. The van der Waals surface area contributed by atoms with Crippen LogP contribution >= 0.6 is 12.4 Å². The fourth-order valence-corrected chi connectivity index (χ4v) is 2.91. The summed E-state index contributed by atoms with van der Waals surface area (Å²) in [6.07, 6.45) is -4.55. The van der Waals surface area contributed by atoms with Crippen LogP contribution in [0.2, 0.25) is 0 Å². The van der Waals surface area contributed by atoms with Gasteiger partial charge in [-0.1, -0.05) is 0 Å². The summed E-state index contributed by atoms with van der Waals surface area (Å²) >= 11 is 0. The molecule has 0 aromatic heterocycles. The number of likely N-dealkylation sites (tertiary alicyclic amines) is 1. The minimum absolute atomic E-state index is 0. The van der Waals surface area contributed by atoms with Crippen LogP contribution < -0.4 is 5.32 Å². The number of piperazine rings is 1. The highest BCUT2D eigenvalue weighted by Crippen LogP contribution is 2.26. The van der Waals surface area contributed by atoms with Gasteiger partial charge in [-0.05, 0) is 13.8 Å². The Hall–Kier alpha value is -1.02. The van der Waals surface area contributed by atoms with Gasteiger partial charge >= 0.3 is 6.18 Å². The number of amides is 2. The number of nitrogens with zero attached hydrogens (tertiary/aromatic N) is 2. The molecule has 22 heavy (non-hydrogen) atoms. The second-order valence-electron chi connectivity index (χ2n) is 5.81. The van der Waals surface area contributed by atoms with Crippen molar-refractivity contribution in [1.82, 2.24) is 15.1 Å². The van der Waals surface area contributed by atoms with Crippen molar-refractivity contribution in [3.63, 3.8) is 0 Å². The minimum Gasteiger partial charge on any atom is -0.337 e. The van der Waals surface area contributed by atoms with E-state index in [1.807, 2.05) is 13.8 Å². The van der Waals surface area contributed by atoms with E-state index in [0.717, 1.165) is 4.90 Å². The molecular formula is C13H21ClF3N3O2. The number of carbonyl (C=O) groups excluding carboxylic acids is 2. The molecular weight excluding hydrogens is 323 g/mol. The van der Waals surface area contributed by atoms with Crippen LogP contribution in [0.4, 0.5) is 13.2 Å². The van der Waals surface area contributed by atoms with E-state index in [4.69, 9.17) is 0 Å². The van der Waals surface area contributed by atoms with Crippen LogP contribution in [0.25, 0.3) is 0 Å². The van der Waals surface area contributed by atoms with E-state index < -0.39 is 24.5 Å². The molecule has 0 aliphatic carbocycles. The van der Waals surface area contributed by atoms with Gasteiger partial charge in [-0.3, -0.25) is 9.59 Å². The van der Waals surface area contributed by atoms with Gasteiger partial charge in [0.25, 0.3) is 0 Å². The van der Waals surface area contributed by atoms with E-state index in [0.29, 0.717) is 13.1 Å². The van der Waals surface area contributed by atoms with E-state index in [2.05, 4.69) is 5.32 Å². The van der Waals surface area contributed by atoms with E-state index in [9.17, 15) is 22.8 Å². The molecule has 2 aliphatic heterocycles. The molecule has 0 aromatic carbocycles. The lowest BCUT2D eigenvalue weighted by atomic mass is 10.0. The molecule has 2 aliphatic rings. The Morgan fingerprint density at radius 2 is 2.00 bits per heavy atom. The van der Waals surface area contributed by atoms with Gasteiger partial charge in [-0.15, -0.1) is 12.4 Å². The van der Waals surface area contributed by atoms with Gasteiger partial charge < -0.3 is 15.1 Å². The Bertz CT molecular complexity index is 433. The third-order valence-electron chi connectivity index (χ3n) is 4.25. The molecule has 2 saturated heterocycles. The van der Waals surface area contributed by atoms with Gasteiger partial charge in [-0.2, -0.15) is 13.2 Å². The number of alkyl halides is 3. The molecule has 0 saturated carbocycles. The van der Waals surface area contributed by atoms with Crippen LogP contribution in [-0.2, 0) is 9.59 Å². The van der Waals surface area contributed by atoms with Gasteiger partial charge in [0, 0.05) is 38.1 Å². The van der Waals surface area contributed by atoms with E-state index in [1.165, 1.54) is 0 Å². The Labute approximate surface area is 133 Å². The van der Waals surface area contributed by atoms with Crippen molar-refractivity contribution in [3.8, 4) is 0 Å². The summed E-state index contributed by atoms with van der Waals surface area (Å²) in [5, 5.41) is 3.24. The largest absolute Gasteiger partial charge is 0.406 e. The topological polar surface area (TPSA) is 52.7 Å². The standard InChI is InChI=1S/C13H20F3N3O2.ClH/c1-8-9(2)19(4-3-17-8)12(21)10-5-11(20)18(6-10)7-13(14,15)16;/h8-10,17H,3-7H2,1-2H3;1H. The zero-order valence-electron chi connectivity index (χ0n) is 12.5. The minimum atomic E-state index is -4.43. The first-order valence-corrected chi connectivity index (χ1v) is 7.07. The van der Waals surface area contributed by atoms with Gasteiger partial charge in [0.1, 0.15) is 6.54 Å². The van der Waals surface area contributed by atoms with Crippen molar-refractivity contribution in [2.75, 3.05) is 26.2 Å². The van der Waals surface area contributed by atoms with E-state index in [-0.39, 0.29) is 43.4 Å². The predicted octanol–water partition coefficient (Wildman–Crippen LogP) is 1.03. The van der Waals surface area contributed by atoms with Crippen LogP contribution in [-0.4, -0.2) is 66.1 Å². The van der Waals surface area contributed by atoms with Crippen LogP contribution in [0.5, 0.6) is 0 Å². The summed E-state index contributed by atoms with van der Waals surface area (Å²) < 4.78 is 37.1. The molecule has 128 valence electrons. The molecule has 3 unspecified atom stereocenters. The maximum Gasteiger partial charge on any atom is 0.406 e. The summed E-state index contributed by atoms with van der Waals surface area (Å²) in [6.45, 7) is 3.63. The van der Waals surface area contributed by atoms with Gasteiger partial charge in [-0.25, -0.2) is 0 Å². The lowest BCUT2D eigenvalue weighted by Crippen LogP contribution is -2.58. The number of hydrogen-bond acceptors (Lipinski definition) is 3. The number of carbonyl (C=O) groups is 2. The lowest BCUT2D eigenvalue weighted by Gasteiger charge is -2.39. The molecule has 0 bridgehead atoms. The third-order valence-corrected chi connectivity index (χ3v) is 4.25. The fourth-order valence-electron chi connectivity index (χ4n) is 2.91. The first-order chi connectivity index (χ1) is 9.69. The zero-order valence-corrected chi connectivity index (χ0v) is 13.3. The molecule has 1 N–H and O–H groups in total. The van der Waals surface area contributed by atoms with Crippen LogP contribution in [0.3, 0.4) is 0 Å². The average molecular weight is 344 g/mol. The maximum absolute atomic E-state index is 12.5. The first kappa shape index (κ1) is 19.0. The van der Waals surface area contributed by atoms with Crippen LogP contribution in [0, 0.1) is 5.92 Å². The molecule has 0 aromatic rings. The van der Waals surface area contributed by atoms with Gasteiger partial charge in [0.15, 0.2) is 0 Å². The second kappa shape index (κ2) is 7.04. The Morgan fingerprint density at radius 1 is 1.36 bits per heavy atom. The van der Waals surface area contributed by atoms with Crippen LogP contribution in [0.15, 0.2) is 0 Å².